The van der Waals surface area contributed by atoms with Crippen molar-refractivity contribution in [3.8, 4) is 0 Å². The van der Waals surface area contributed by atoms with Crippen LogP contribution >= 0.6 is 0 Å². The monoisotopic (exact) mass is 527 g/mol. The Morgan fingerprint density at radius 3 is 2.19 bits per heavy atom. The van der Waals surface area contributed by atoms with Gasteiger partial charge in [-0.25, -0.2) is 8.42 Å². The number of sulfonamides is 1. The van der Waals surface area contributed by atoms with Crippen molar-refractivity contribution in [3.05, 3.63) is 52.1 Å². The lowest BCUT2D eigenvalue weighted by Gasteiger charge is -2.32. The van der Waals surface area contributed by atoms with Gasteiger partial charge in [-0.3, -0.25) is 15.1 Å². The van der Waals surface area contributed by atoms with Crippen LogP contribution < -0.4 is 9.80 Å². The van der Waals surface area contributed by atoms with E-state index >= 15 is 0 Å². The maximum Gasteiger partial charge on any atom is 0.270 e. The summed E-state index contributed by atoms with van der Waals surface area (Å²) in [5.74, 6) is 0. The van der Waals surface area contributed by atoms with Crippen molar-refractivity contribution < 1.29 is 18.1 Å². The topological polar surface area (TPSA) is 109 Å². The number of nitro groups is 1. The Morgan fingerprint density at radius 1 is 0.838 bits per heavy atom. The number of nitro benzene ring substituents is 1. The van der Waals surface area contributed by atoms with Crippen molar-refractivity contribution in [2.24, 2.45) is 4.99 Å². The normalized spacial score (nSPS) is 19.6. The van der Waals surface area contributed by atoms with Crippen LogP contribution in [0.1, 0.15) is 37.7 Å². The minimum atomic E-state index is -3.71. The minimum absolute atomic E-state index is 0.000396. The predicted octanol–water partition coefficient (Wildman–Crippen LogP) is 3.96. The summed E-state index contributed by atoms with van der Waals surface area (Å²) in [7, 11) is -3.71. The second-order valence-corrected chi connectivity index (χ2v) is 11.6. The second kappa shape index (κ2) is 11.2. The smallest absolute Gasteiger partial charge is 0.270 e. The van der Waals surface area contributed by atoms with Crippen LogP contribution in [0.5, 0.6) is 0 Å². The Labute approximate surface area is 217 Å². The number of nitrogens with zero attached hydrogens (tertiary/aromatic N) is 5. The van der Waals surface area contributed by atoms with Gasteiger partial charge in [-0.1, -0.05) is 6.42 Å². The molecule has 10 nitrogen and oxygen atoms in total. The summed E-state index contributed by atoms with van der Waals surface area (Å²) in [5, 5.41) is 11.4. The molecule has 3 fully saturated rings. The average molecular weight is 528 g/mol. The third kappa shape index (κ3) is 5.63. The second-order valence-electron chi connectivity index (χ2n) is 9.67. The standard InChI is InChI=1S/C26H33N5O5S/c32-31(33)23-7-9-24(28-10-4-5-11-28)21(18-23)20-27-22-6-8-25(29-14-16-36-17-15-29)26(19-22)37(34,35)30-12-2-1-3-13-30/h6-9,18-20H,1-5,10-17H2. The Morgan fingerprint density at radius 2 is 1.49 bits per heavy atom. The van der Waals surface area contributed by atoms with Crippen molar-refractivity contribution in [1.82, 2.24) is 4.31 Å². The summed E-state index contributed by atoms with van der Waals surface area (Å²) in [4.78, 5) is 20.1. The zero-order chi connectivity index (χ0) is 25.8. The van der Waals surface area contributed by atoms with Gasteiger partial charge in [-0.2, -0.15) is 4.31 Å². The fraction of sp³-hybridized carbons (Fsp3) is 0.500. The van der Waals surface area contributed by atoms with Crippen LogP contribution in [-0.2, 0) is 14.8 Å². The third-order valence-corrected chi connectivity index (χ3v) is 9.18. The summed E-state index contributed by atoms with van der Waals surface area (Å²) in [6.07, 6.45) is 6.52. The fourth-order valence-electron chi connectivity index (χ4n) is 5.25. The van der Waals surface area contributed by atoms with E-state index in [4.69, 9.17) is 4.74 Å². The molecule has 0 aliphatic carbocycles. The summed E-state index contributed by atoms with van der Waals surface area (Å²) in [6, 6.07) is 10.1. The number of hydrogen-bond acceptors (Lipinski definition) is 8. The molecule has 3 aliphatic rings. The third-order valence-electron chi connectivity index (χ3n) is 7.25. The molecule has 11 heteroatoms. The van der Waals surface area contributed by atoms with E-state index in [1.165, 1.54) is 12.1 Å². The summed E-state index contributed by atoms with van der Waals surface area (Å²) >= 11 is 0. The molecular weight excluding hydrogens is 494 g/mol. The number of aliphatic imine (C=N–C) groups is 1. The highest BCUT2D eigenvalue weighted by atomic mass is 32.2. The molecule has 3 heterocycles. The molecular formula is C26H33N5O5S. The molecule has 0 radical (unpaired) electrons. The molecule has 3 aliphatic heterocycles. The molecule has 37 heavy (non-hydrogen) atoms. The van der Waals surface area contributed by atoms with Crippen LogP contribution in [0.3, 0.4) is 0 Å². The number of morpholine rings is 1. The van der Waals surface area contributed by atoms with Crippen molar-refractivity contribution in [2.45, 2.75) is 37.0 Å². The largest absolute Gasteiger partial charge is 0.378 e. The Bertz CT molecular complexity index is 1260. The summed E-state index contributed by atoms with van der Waals surface area (Å²) in [6.45, 7) is 5.17. The van der Waals surface area contributed by atoms with Crippen molar-refractivity contribution in [2.75, 3.05) is 62.3 Å². The molecule has 2 aromatic carbocycles. The highest BCUT2D eigenvalue weighted by molar-refractivity contribution is 7.89. The van der Waals surface area contributed by atoms with Gasteiger partial charge < -0.3 is 14.5 Å². The predicted molar refractivity (Wildman–Crippen MR) is 144 cm³/mol. The van der Waals surface area contributed by atoms with Gasteiger partial charge in [0.1, 0.15) is 4.90 Å². The SMILES string of the molecule is O=[N+]([O-])c1ccc(N2CCCC2)c(C=Nc2ccc(N3CCOCC3)c(S(=O)(=O)N3CCCCC3)c2)c1. The number of ether oxygens (including phenoxy) is 1. The minimum Gasteiger partial charge on any atom is -0.378 e. The highest BCUT2D eigenvalue weighted by Crippen LogP contribution is 2.34. The first-order chi connectivity index (χ1) is 17.9. The molecule has 0 aromatic heterocycles. The molecule has 2 aromatic rings. The average Bonchev–Trinajstić information content (AvgIpc) is 3.47. The molecule has 0 N–H and O–H groups in total. The fourth-order valence-corrected chi connectivity index (χ4v) is 7.00. The van der Waals surface area contributed by atoms with E-state index in [1.54, 1.807) is 22.7 Å². The quantitative estimate of drug-likeness (QED) is 0.305. The lowest BCUT2D eigenvalue weighted by Crippen LogP contribution is -2.39. The molecule has 0 atom stereocenters. The van der Waals surface area contributed by atoms with Gasteiger partial charge >= 0.3 is 0 Å². The van der Waals surface area contributed by atoms with Gasteiger partial charge in [0.2, 0.25) is 10.0 Å². The van der Waals surface area contributed by atoms with Gasteiger partial charge in [0.05, 0.1) is 29.5 Å². The maximum atomic E-state index is 13.8. The molecule has 0 spiro atoms. The summed E-state index contributed by atoms with van der Waals surface area (Å²) in [5.41, 5.74) is 2.71. The maximum absolute atomic E-state index is 13.8. The highest BCUT2D eigenvalue weighted by Gasteiger charge is 2.30. The van der Waals surface area contributed by atoms with Crippen LogP contribution in [0.15, 0.2) is 46.3 Å². The first-order valence-corrected chi connectivity index (χ1v) is 14.4. The molecule has 0 amide bonds. The number of piperidine rings is 1. The van der Waals surface area contributed by atoms with Crippen LogP contribution in [-0.4, -0.2) is 76.3 Å². The Balaban J connectivity index is 1.52. The van der Waals surface area contributed by atoms with Crippen molar-refractivity contribution in [1.29, 1.82) is 0 Å². The first-order valence-electron chi connectivity index (χ1n) is 13.0. The number of hydrogen-bond donors (Lipinski definition) is 0. The number of benzene rings is 2. The van der Waals surface area contributed by atoms with E-state index in [0.717, 1.165) is 50.9 Å². The lowest BCUT2D eigenvalue weighted by molar-refractivity contribution is -0.384. The van der Waals surface area contributed by atoms with Crippen LogP contribution in [0.25, 0.3) is 0 Å². The van der Waals surface area contributed by atoms with Crippen LogP contribution in [0.4, 0.5) is 22.7 Å². The zero-order valence-electron chi connectivity index (χ0n) is 20.9. The van der Waals surface area contributed by atoms with E-state index < -0.39 is 14.9 Å². The van der Waals surface area contributed by atoms with Crippen molar-refractivity contribution in [3.63, 3.8) is 0 Å². The lowest BCUT2D eigenvalue weighted by atomic mass is 10.1. The zero-order valence-corrected chi connectivity index (χ0v) is 21.7. The van der Waals surface area contributed by atoms with Crippen LogP contribution in [0.2, 0.25) is 0 Å². The Kier molecular flexibility index (Phi) is 7.73. The molecule has 198 valence electrons. The van der Waals surface area contributed by atoms with Gasteiger partial charge in [0.25, 0.3) is 5.69 Å². The van der Waals surface area contributed by atoms with E-state index in [0.29, 0.717) is 56.3 Å². The molecule has 0 bridgehead atoms. The van der Waals surface area contributed by atoms with Gasteiger partial charge in [-0.15, -0.1) is 0 Å². The molecule has 0 saturated carbocycles. The number of non-ortho nitro benzene ring substituents is 1. The van der Waals surface area contributed by atoms with E-state index in [9.17, 15) is 18.5 Å². The van der Waals surface area contributed by atoms with Gasteiger partial charge in [0.15, 0.2) is 0 Å². The van der Waals surface area contributed by atoms with Gasteiger partial charge in [0, 0.05) is 68.9 Å². The van der Waals surface area contributed by atoms with E-state index in [2.05, 4.69) is 14.8 Å². The van der Waals surface area contributed by atoms with E-state index in [-0.39, 0.29) is 10.6 Å². The molecule has 0 unspecified atom stereocenters. The first kappa shape index (κ1) is 25.6. The number of anilines is 2. The van der Waals surface area contributed by atoms with Crippen LogP contribution in [0, 0.1) is 10.1 Å². The Hall–Kier alpha value is -3.02. The van der Waals surface area contributed by atoms with Crippen molar-refractivity contribution >= 4 is 39.0 Å². The molecule has 3 saturated heterocycles. The van der Waals surface area contributed by atoms with E-state index in [1.807, 2.05) is 12.1 Å². The number of rotatable bonds is 7. The van der Waals surface area contributed by atoms with Gasteiger partial charge in [-0.05, 0) is 49.9 Å². The summed E-state index contributed by atoms with van der Waals surface area (Å²) < 4.78 is 34.6. The molecule has 5 rings (SSSR count).